The van der Waals surface area contributed by atoms with Gasteiger partial charge in [-0.05, 0) is 25.4 Å². The van der Waals surface area contributed by atoms with Gasteiger partial charge in [0.05, 0.1) is 19.2 Å². The minimum Gasteiger partial charge on any atom is -0.480 e. The number of aliphatic hydroxyl groups is 1. The van der Waals surface area contributed by atoms with E-state index < -0.39 is 55.0 Å². The molecule has 0 saturated carbocycles. The molecular weight excluding hydrogens is 340 g/mol. The zero-order chi connectivity index (χ0) is 18.7. The summed E-state index contributed by atoms with van der Waals surface area (Å²) in [7, 11) is 0. The van der Waals surface area contributed by atoms with E-state index in [0.717, 1.165) is 0 Å². The topological polar surface area (TPSA) is 171 Å². The van der Waals surface area contributed by atoms with E-state index in [4.69, 9.17) is 15.9 Å². The highest BCUT2D eigenvalue weighted by Crippen LogP contribution is 2.00. The molecule has 3 atom stereocenters. The summed E-state index contributed by atoms with van der Waals surface area (Å²) in [6.45, 7) is 0.506. The number of carboxylic acid groups (broad SMARTS) is 1. The first kappa shape index (κ1) is 22.1. The number of nitrogens with one attached hydrogen (secondary N) is 3. The van der Waals surface area contributed by atoms with Crippen LogP contribution in [-0.4, -0.2) is 77.2 Å². The van der Waals surface area contributed by atoms with Crippen LogP contribution in [-0.2, 0) is 19.2 Å². The van der Waals surface area contributed by atoms with Crippen LogP contribution in [0.1, 0.15) is 13.3 Å². The predicted octanol–water partition coefficient (Wildman–Crippen LogP) is -2.75. The van der Waals surface area contributed by atoms with Crippen molar-refractivity contribution in [1.29, 1.82) is 0 Å². The first-order chi connectivity index (χ1) is 11.2. The van der Waals surface area contributed by atoms with Crippen molar-refractivity contribution in [2.75, 3.05) is 25.1 Å². The molecule has 7 N–H and O–H groups in total. The zero-order valence-electron chi connectivity index (χ0n) is 13.6. The minimum absolute atomic E-state index is 0.267. The van der Waals surface area contributed by atoms with Gasteiger partial charge in [-0.15, -0.1) is 0 Å². The number of nitrogens with two attached hydrogens (primary N) is 1. The highest BCUT2D eigenvalue weighted by atomic mass is 32.2. The molecule has 0 aliphatic rings. The molecule has 0 bridgehead atoms. The number of carbonyl (C=O) groups is 4. The van der Waals surface area contributed by atoms with Crippen LogP contribution in [0.5, 0.6) is 0 Å². The van der Waals surface area contributed by atoms with Crippen molar-refractivity contribution in [2.45, 2.75) is 31.5 Å². The summed E-state index contributed by atoms with van der Waals surface area (Å²) in [4.78, 5) is 45.5. The Balaban J connectivity index is 4.14. The smallest absolute Gasteiger partial charge is 0.326 e. The van der Waals surface area contributed by atoms with Crippen LogP contribution in [0.25, 0.3) is 0 Å². The van der Waals surface area contributed by atoms with E-state index in [1.54, 1.807) is 0 Å². The normalized spacial score (nSPS) is 14.2. The molecular formula is C13H24N4O6S. The van der Waals surface area contributed by atoms with E-state index in [0.29, 0.717) is 5.75 Å². The van der Waals surface area contributed by atoms with Crippen LogP contribution in [0, 0.1) is 0 Å². The standard InChI is InChI=1S/C13H24N4O6S/c1-7(18)11(14)12(21)16-5-9(19)15-6-10(20)17-8(13(22)23)3-4-24-2/h7-8,11,18H,3-6,14H2,1-2H3,(H,15,19)(H,16,21)(H,17,20)(H,22,23). The van der Waals surface area contributed by atoms with E-state index in [9.17, 15) is 19.2 Å². The zero-order valence-corrected chi connectivity index (χ0v) is 14.4. The number of rotatable bonds is 11. The summed E-state index contributed by atoms with van der Waals surface area (Å²) in [6, 6.07) is -2.18. The van der Waals surface area contributed by atoms with Gasteiger partial charge in [-0.25, -0.2) is 4.79 Å². The lowest BCUT2D eigenvalue weighted by Crippen LogP contribution is -2.50. The van der Waals surface area contributed by atoms with Crippen LogP contribution in [0.3, 0.4) is 0 Å². The number of thioether (sulfide) groups is 1. The second-order valence-corrected chi connectivity index (χ2v) is 5.99. The molecule has 0 saturated heterocycles. The molecule has 3 unspecified atom stereocenters. The lowest BCUT2D eigenvalue weighted by Gasteiger charge is -2.15. The second-order valence-electron chi connectivity index (χ2n) is 5.00. The van der Waals surface area contributed by atoms with Crippen LogP contribution in [0.15, 0.2) is 0 Å². The summed E-state index contributed by atoms with van der Waals surface area (Å²) < 4.78 is 0. The Hall–Kier alpha value is -1.85. The van der Waals surface area contributed by atoms with Crippen LogP contribution < -0.4 is 21.7 Å². The van der Waals surface area contributed by atoms with Gasteiger partial charge in [0, 0.05) is 0 Å². The van der Waals surface area contributed by atoms with Crippen LogP contribution in [0.2, 0.25) is 0 Å². The maximum absolute atomic E-state index is 11.6. The Morgan fingerprint density at radius 3 is 2.21 bits per heavy atom. The van der Waals surface area contributed by atoms with Gasteiger partial charge in [-0.3, -0.25) is 14.4 Å². The summed E-state index contributed by atoms with van der Waals surface area (Å²) in [5, 5.41) is 24.9. The summed E-state index contributed by atoms with van der Waals surface area (Å²) in [5.41, 5.74) is 5.38. The third kappa shape index (κ3) is 9.33. The van der Waals surface area contributed by atoms with Crippen molar-refractivity contribution in [1.82, 2.24) is 16.0 Å². The van der Waals surface area contributed by atoms with Gasteiger partial charge in [0.15, 0.2) is 0 Å². The third-order valence-electron chi connectivity index (χ3n) is 2.94. The monoisotopic (exact) mass is 364 g/mol. The molecule has 24 heavy (non-hydrogen) atoms. The van der Waals surface area contributed by atoms with Gasteiger partial charge in [0.1, 0.15) is 12.1 Å². The fourth-order valence-corrected chi connectivity index (χ4v) is 1.96. The number of hydrogen-bond donors (Lipinski definition) is 6. The van der Waals surface area contributed by atoms with E-state index in [1.165, 1.54) is 18.7 Å². The van der Waals surface area contributed by atoms with E-state index in [1.807, 2.05) is 6.26 Å². The highest BCUT2D eigenvalue weighted by molar-refractivity contribution is 7.98. The first-order valence-electron chi connectivity index (χ1n) is 7.18. The van der Waals surface area contributed by atoms with Gasteiger partial charge >= 0.3 is 5.97 Å². The number of hydrogen-bond acceptors (Lipinski definition) is 7. The maximum atomic E-state index is 11.6. The summed E-state index contributed by atoms with van der Waals surface area (Å²) in [5.74, 6) is -2.58. The number of carboxylic acids is 1. The van der Waals surface area contributed by atoms with Crippen LogP contribution in [0.4, 0.5) is 0 Å². The van der Waals surface area contributed by atoms with E-state index in [-0.39, 0.29) is 6.42 Å². The number of aliphatic carboxylic acids is 1. The molecule has 0 spiro atoms. The lowest BCUT2D eigenvalue weighted by atomic mass is 10.2. The Kier molecular flexibility index (Phi) is 10.8. The maximum Gasteiger partial charge on any atom is 0.326 e. The summed E-state index contributed by atoms with van der Waals surface area (Å²) >= 11 is 1.45. The van der Waals surface area contributed by atoms with E-state index in [2.05, 4.69) is 16.0 Å². The molecule has 0 radical (unpaired) electrons. The lowest BCUT2D eigenvalue weighted by molar-refractivity contribution is -0.141. The Morgan fingerprint density at radius 1 is 1.12 bits per heavy atom. The Bertz CT molecular complexity index is 460. The Labute approximate surface area is 143 Å². The molecule has 0 aromatic heterocycles. The van der Waals surface area contributed by atoms with Crippen molar-refractivity contribution in [3.63, 3.8) is 0 Å². The first-order valence-corrected chi connectivity index (χ1v) is 8.57. The van der Waals surface area contributed by atoms with Crippen molar-refractivity contribution in [3.8, 4) is 0 Å². The van der Waals surface area contributed by atoms with Crippen molar-refractivity contribution in [2.24, 2.45) is 5.73 Å². The Morgan fingerprint density at radius 2 is 1.71 bits per heavy atom. The molecule has 0 aromatic carbocycles. The fourth-order valence-electron chi connectivity index (χ4n) is 1.48. The average molecular weight is 364 g/mol. The SMILES string of the molecule is CSCCC(NC(=O)CNC(=O)CNC(=O)C(N)C(C)O)C(=O)O. The van der Waals surface area contributed by atoms with Crippen LogP contribution >= 0.6 is 11.8 Å². The minimum atomic E-state index is -1.16. The number of amides is 3. The quantitative estimate of drug-likeness (QED) is 0.229. The van der Waals surface area contributed by atoms with Crippen molar-refractivity contribution < 1.29 is 29.4 Å². The van der Waals surface area contributed by atoms with Gasteiger partial charge in [-0.1, -0.05) is 0 Å². The molecule has 0 aliphatic carbocycles. The largest absolute Gasteiger partial charge is 0.480 e. The fraction of sp³-hybridized carbons (Fsp3) is 0.692. The summed E-state index contributed by atoms with van der Waals surface area (Å²) in [6.07, 6.45) is 1.02. The van der Waals surface area contributed by atoms with Crippen molar-refractivity contribution >= 4 is 35.5 Å². The van der Waals surface area contributed by atoms with Gasteiger partial charge < -0.3 is 31.9 Å². The average Bonchev–Trinajstić information content (AvgIpc) is 2.53. The molecule has 138 valence electrons. The molecule has 3 amide bonds. The number of carbonyl (C=O) groups excluding carboxylic acids is 3. The third-order valence-corrected chi connectivity index (χ3v) is 3.58. The van der Waals surface area contributed by atoms with Gasteiger partial charge in [0.25, 0.3) is 0 Å². The molecule has 11 heteroatoms. The van der Waals surface area contributed by atoms with Crippen molar-refractivity contribution in [3.05, 3.63) is 0 Å². The second kappa shape index (κ2) is 11.6. The highest BCUT2D eigenvalue weighted by Gasteiger charge is 2.21. The predicted molar refractivity (Wildman–Crippen MR) is 88.2 cm³/mol. The molecule has 0 aliphatic heterocycles. The number of aliphatic hydroxyl groups excluding tert-OH is 1. The molecule has 0 aromatic rings. The molecule has 0 heterocycles. The van der Waals surface area contributed by atoms with E-state index >= 15 is 0 Å². The molecule has 0 rings (SSSR count). The molecule has 0 fully saturated rings. The molecule has 10 nitrogen and oxygen atoms in total. The van der Waals surface area contributed by atoms with Gasteiger partial charge in [-0.2, -0.15) is 11.8 Å². The van der Waals surface area contributed by atoms with Gasteiger partial charge in [0.2, 0.25) is 17.7 Å².